The molecule has 18 atom stereocenters. The van der Waals surface area contributed by atoms with Crippen molar-refractivity contribution in [3.05, 3.63) is 0 Å². The van der Waals surface area contributed by atoms with Crippen molar-refractivity contribution in [1.82, 2.24) is 4.90 Å². The molecule has 0 bridgehead atoms. The summed E-state index contributed by atoms with van der Waals surface area (Å²) in [4.78, 5) is 29.8. The summed E-state index contributed by atoms with van der Waals surface area (Å²) in [7, 11) is 5.18. The summed E-state index contributed by atoms with van der Waals surface area (Å²) < 4.78 is 37.1. The normalized spacial score (nSPS) is 48.8. The molecular weight excluding hydrogens is 678 g/mol. The van der Waals surface area contributed by atoms with Gasteiger partial charge in [0.25, 0.3) is 0 Å². The number of Topliss-reactive ketones (excluding diaryl/α,β-unsaturated/α-hetero) is 1. The van der Waals surface area contributed by atoms with Crippen LogP contribution in [0.15, 0.2) is 0 Å². The molecule has 14 nitrogen and oxygen atoms in total. The molecule has 0 amide bonds. The molecule has 3 rings (SSSR count). The average molecular weight is 750 g/mol. The van der Waals surface area contributed by atoms with E-state index >= 15 is 0 Å². The van der Waals surface area contributed by atoms with Crippen LogP contribution in [-0.2, 0) is 38.0 Å². The molecule has 52 heavy (non-hydrogen) atoms. The van der Waals surface area contributed by atoms with Gasteiger partial charge in [-0.25, -0.2) is 0 Å². The minimum atomic E-state index is -1.99. The van der Waals surface area contributed by atoms with E-state index in [0.717, 1.165) is 0 Å². The maximum absolute atomic E-state index is 14.1. The lowest BCUT2D eigenvalue weighted by Crippen LogP contribution is -2.61. The van der Waals surface area contributed by atoms with Crippen LogP contribution < -0.4 is 0 Å². The Hall–Kier alpha value is -1.30. The van der Waals surface area contributed by atoms with E-state index in [0.29, 0.717) is 6.42 Å². The predicted molar refractivity (Wildman–Crippen MR) is 193 cm³/mol. The van der Waals surface area contributed by atoms with Gasteiger partial charge in [0.05, 0.1) is 47.6 Å². The smallest absolute Gasteiger partial charge is 0.311 e. The molecule has 306 valence electrons. The second-order valence-electron chi connectivity index (χ2n) is 16.5. The second-order valence-corrected chi connectivity index (χ2v) is 16.5. The third kappa shape index (κ3) is 9.92. The van der Waals surface area contributed by atoms with E-state index in [2.05, 4.69) is 0 Å². The van der Waals surface area contributed by atoms with Crippen LogP contribution in [-0.4, -0.2) is 148 Å². The number of hydrogen-bond donors (Lipinski definition) is 5. The number of likely N-dealkylation sites (N-methyl/N-ethyl adjacent to an activating group) is 1. The highest BCUT2D eigenvalue weighted by molar-refractivity contribution is 5.83. The summed E-state index contributed by atoms with van der Waals surface area (Å²) in [5, 5.41) is 57.6. The number of carbonyl (C=O) groups is 2. The molecule has 3 heterocycles. The van der Waals surface area contributed by atoms with Gasteiger partial charge in [-0.15, -0.1) is 0 Å². The summed E-state index contributed by atoms with van der Waals surface area (Å²) in [5.74, 6) is -4.98. The molecule has 0 aromatic rings. The number of aliphatic hydroxyl groups is 5. The number of ketones is 1. The van der Waals surface area contributed by atoms with Crippen molar-refractivity contribution in [3.8, 4) is 0 Å². The molecule has 0 spiro atoms. The molecule has 0 aromatic carbocycles. The molecule has 0 aromatic heterocycles. The Labute approximate surface area is 311 Å². The van der Waals surface area contributed by atoms with Crippen molar-refractivity contribution in [1.29, 1.82) is 0 Å². The SMILES string of the molecule is C.CC[C@H]1OC(=O)[C@H](C)[C@@H](O[C@H]2C[C@@](C)(OC)[C@@H](O)[C@H](C)O2)[C@H](C)[C@@H](O[C@@H]2O[C@H](C)C[C@H](N(C)C)[C@H]2O)[C@](C)(O)C[C@@H](C)C(=O)[C@H](C)[C@@H](O)[C@]1(C)O. The summed E-state index contributed by atoms with van der Waals surface area (Å²) in [6, 6.07) is -0.324. The Morgan fingerprint density at radius 2 is 1.48 bits per heavy atom. The lowest BCUT2D eigenvalue weighted by Gasteiger charge is -2.49. The van der Waals surface area contributed by atoms with E-state index in [1.807, 2.05) is 25.9 Å². The Morgan fingerprint density at radius 3 is 2.02 bits per heavy atom. The number of nitrogens with zero attached hydrogens (tertiary/aromatic N) is 1. The van der Waals surface area contributed by atoms with Crippen LogP contribution in [0.4, 0.5) is 0 Å². The second kappa shape index (κ2) is 18.1. The van der Waals surface area contributed by atoms with Gasteiger partial charge in [0, 0.05) is 37.3 Å². The van der Waals surface area contributed by atoms with E-state index in [4.69, 9.17) is 28.4 Å². The number of hydrogen-bond acceptors (Lipinski definition) is 14. The van der Waals surface area contributed by atoms with Gasteiger partial charge >= 0.3 is 5.97 Å². The van der Waals surface area contributed by atoms with Crippen LogP contribution >= 0.6 is 0 Å². The van der Waals surface area contributed by atoms with Crippen molar-refractivity contribution < 1.29 is 63.5 Å². The highest BCUT2D eigenvalue weighted by Gasteiger charge is 2.53. The molecule has 14 heteroatoms. The van der Waals surface area contributed by atoms with Gasteiger partial charge in [-0.05, 0) is 74.9 Å². The van der Waals surface area contributed by atoms with Gasteiger partial charge < -0.3 is 58.9 Å². The maximum atomic E-state index is 14.1. The first-order valence-electron chi connectivity index (χ1n) is 18.5. The minimum absolute atomic E-state index is 0. The fourth-order valence-electron chi connectivity index (χ4n) is 8.41. The number of aliphatic hydroxyl groups excluding tert-OH is 3. The molecule has 0 aliphatic carbocycles. The number of methoxy groups -OCH3 is 1. The van der Waals surface area contributed by atoms with Crippen LogP contribution in [0.3, 0.4) is 0 Å². The lowest BCUT2D eigenvalue weighted by atomic mass is 9.74. The Kier molecular flexibility index (Phi) is 16.3. The fraction of sp³-hybridized carbons (Fsp3) is 0.947. The zero-order valence-corrected chi connectivity index (χ0v) is 32.9. The number of carbonyl (C=O) groups excluding carboxylic acids is 2. The number of ether oxygens (including phenoxy) is 6. The number of cyclic esters (lactones) is 1. The quantitative estimate of drug-likeness (QED) is 0.238. The molecule has 0 radical (unpaired) electrons. The Balaban J connectivity index is 0.00000936. The van der Waals surface area contributed by atoms with Gasteiger partial charge in [0.15, 0.2) is 12.6 Å². The zero-order chi connectivity index (χ0) is 39.0. The van der Waals surface area contributed by atoms with Crippen LogP contribution in [0.5, 0.6) is 0 Å². The molecule has 3 fully saturated rings. The number of rotatable bonds is 7. The van der Waals surface area contributed by atoms with Crippen LogP contribution in [0, 0.1) is 23.7 Å². The van der Waals surface area contributed by atoms with Crippen molar-refractivity contribution in [2.24, 2.45) is 23.7 Å². The summed E-state index contributed by atoms with van der Waals surface area (Å²) in [6.07, 6.45) is -9.71. The van der Waals surface area contributed by atoms with E-state index in [9.17, 15) is 35.1 Å². The molecular formula is C38H71NO13. The summed E-state index contributed by atoms with van der Waals surface area (Å²) >= 11 is 0. The zero-order valence-electron chi connectivity index (χ0n) is 32.9. The van der Waals surface area contributed by atoms with Crippen molar-refractivity contribution in [2.75, 3.05) is 21.2 Å². The summed E-state index contributed by atoms with van der Waals surface area (Å²) in [6.45, 7) is 16.3. The third-order valence-electron chi connectivity index (χ3n) is 11.8. The van der Waals surface area contributed by atoms with Gasteiger partial charge in [-0.3, -0.25) is 9.59 Å². The van der Waals surface area contributed by atoms with Gasteiger partial charge in [-0.2, -0.15) is 0 Å². The topological polar surface area (TPSA) is 194 Å². The maximum Gasteiger partial charge on any atom is 0.311 e. The predicted octanol–water partition coefficient (Wildman–Crippen LogP) is 2.42. The molecule has 3 aliphatic heterocycles. The van der Waals surface area contributed by atoms with Crippen molar-refractivity contribution >= 4 is 11.8 Å². The first-order chi connectivity index (χ1) is 23.4. The molecule has 0 saturated carbocycles. The van der Waals surface area contributed by atoms with E-state index in [1.54, 1.807) is 41.5 Å². The largest absolute Gasteiger partial charge is 0.459 e. The first-order valence-corrected chi connectivity index (χ1v) is 18.5. The van der Waals surface area contributed by atoms with Crippen LogP contribution in [0.1, 0.15) is 102 Å². The minimum Gasteiger partial charge on any atom is -0.459 e. The molecule has 3 aliphatic rings. The molecule has 3 saturated heterocycles. The number of esters is 1. The molecule has 0 unspecified atom stereocenters. The van der Waals surface area contributed by atoms with Crippen molar-refractivity contribution in [3.63, 3.8) is 0 Å². The highest BCUT2D eigenvalue weighted by Crippen LogP contribution is 2.40. The lowest BCUT2D eigenvalue weighted by molar-refractivity contribution is -0.318. The Morgan fingerprint density at radius 1 is 0.885 bits per heavy atom. The Bertz CT molecular complexity index is 1170. The van der Waals surface area contributed by atoms with E-state index in [1.165, 1.54) is 27.9 Å². The van der Waals surface area contributed by atoms with Crippen LogP contribution in [0.25, 0.3) is 0 Å². The first kappa shape index (κ1) is 46.9. The van der Waals surface area contributed by atoms with Gasteiger partial charge in [0.1, 0.15) is 29.7 Å². The third-order valence-corrected chi connectivity index (χ3v) is 11.8. The average Bonchev–Trinajstić information content (AvgIpc) is 3.05. The van der Waals surface area contributed by atoms with Gasteiger partial charge in [-0.1, -0.05) is 35.1 Å². The highest BCUT2D eigenvalue weighted by atomic mass is 16.7. The fourth-order valence-corrected chi connectivity index (χ4v) is 8.41. The molecule has 5 N–H and O–H groups in total. The monoisotopic (exact) mass is 749 g/mol. The van der Waals surface area contributed by atoms with Gasteiger partial charge in [0.2, 0.25) is 0 Å². The van der Waals surface area contributed by atoms with Crippen LogP contribution in [0.2, 0.25) is 0 Å². The van der Waals surface area contributed by atoms with E-state index < -0.39 is 108 Å². The van der Waals surface area contributed by atoms with E-state index in [-0.39, 0.29) is 38.8 Å². The standard InChI is InChI=1S/C37H67NO13.CH4/c1-14-25-37(10,45)30(41)20(4)27(39)18(2)16-35(8,44)32(51-34-28(40)24(38(11)12)15-19(3)47-34)21(5)29(22(6)33(43)49-25)50-26-17-36(9,46-13)31(42)23(7)48-26;/h18-26,28-32,34,40-42,44-45H,14-17H2,1-13H3;1H4/t18-,19-,20+,21+,22-,23+,24+,25-,26+,28-,29+,30-,31+,32-,34+,35-,36-,37-;/m1./s1. The van der Waals surface area contributed by atoms with Crippen molar-refractivity contribution in [2.45, 2.75) is 187 Å². The summed E-state index contributed by atoms with van der Waals surface area (Å²) in [5.41, 5.74) is -4.84.